The molecule has 1 heterocycles. The lowest BCUT2D eigenvalue weighted by molar-refractivity contribution is -0.116. The topological polar surface area (TPSA) is 46.9 Å². The quantitative estimate of drug-likeness (QED) is 0.801. The Morgan fingerprint density at radius 2 is 2.14 bits per heavy atom. The molecule has 0 unspecified atom stereocenters. The van der Waals surface area contributed by atoms with Crippen LogP contribution >= 0.6 is 39.1 Å². The van der Waals surface area contributed by atoms with Crippen LogP contribution in [0.2, 0.25) is 10.0 Å². The summed E-state index contributed by atoms with van der Waals surface area (Å²) >= 11 is 15.3. The van der Waals surface area contributed by atoms with Crippen LogP contribution in [-0.4, -0.2) is 15.7 Å². The van der Waals surface area contributed by atoms with Gasteiger partial charge in [0.25, 0.3) is 0 Å². The molecule has 1 aromatic heterocycles. The lowest BCUT2D eigenvalue weighted by atomic mass is 10.2. The molecule has 0 saturated heterocycles. The van der Waals surface area contributed by atoms with Crippen molar-refractivity contribution in [3.8, 4) is 0 Å². The average molecular weight is 391 g/mol. The van der Waals surface area contributed by atoms with Gasteiger partial charge < -0.3 is 5.32 Å². The van der Waals surface area contributed by atoms with Crippen molar-refractivity contribution in [2.45, 2.75) is 26.3 Å². The summed E-state index contributed by atoms with van der Waals surface area (Å²) in [6.45, 7) is 2.50. The molecule has 21 heavy (non-hydrogen) atoms. The zero-order valence-electron chi connectivity index (χ0n) is 11.4. The number of nitrogens with zero attached hydrogens (tertiary/aromatic N) is 2. The number of nitrogens with one attached hydrogen (secondary N) is 1. The first-order valence-electron chi connectivity index (χ1n) is 6.46. The molecule has 1 N–H and O–H groups in total. The molecule has 0 aliphatic heterocycles. The largest absolute Gasteiger partial charge is 0.308 e. The molecule has 0 spiro atoms. The van der Waals surface area contributed by atoms with Gasteiger partial charge in [-0.05, 0) is 40.0 Å². The molecule has 0 aliphatic carbocycles. The lowest BCUT2D eigenvalue weighted by Gasteiger charge is -2.04. The molecule has 0 aliphatic rings. The number of halogens is 3. The van der Waals surface area contributed by atoms with Gasteiger partial charge in [0.2, 0.25) is 5.91 Å². The van der Waals surface area contributed by atoms with E-state index < -0.39 is 0 Å². The van der Waals surface area contributed by atoms with Gasteiger partial charge in [0.15, 0.2) is 5.82 Å². The van der Waals surface area contributed by atoms with E-state index in [1.165, 1.54) is 0 Å². The van der Waals surface area contributed by atoms with Gasteiger partial charge in [0.1, 0.15) is 0 Å². The molecule has 2 aromatic rings. The third kappa shape index (κ3) is 4.46. The summed E-state index contributed by atoms with van der Waals surface area (Å²) in [4.78, 5) is 11.6. The molecule has 0 radical (unpaired) electrons. The van der Waals surface area contributed by atoms with Crippen LogP contribution in [0.1, 0.15) is 25.3 Å². The van der Waals surface area contributed by atoms with Crippen molar-refractivity contribution < 1.29 is 4.79 Å². The number of carbonyl (C=O) groups is 1. The van der Waals surface area contributed by atoms with E-state index in [2.05, 4.69) is 26.3 Å². The first kappa shape index (κ1) is 16.3. The summed E-state index contributed by atoms with van der Waals surface area (Å²) in [7, 11) is 0. The monoisotopic (exact) mass is 389 g/mol. The number of anilines is 1. The van der Waals surface area contributed by atoms with Crippen molar-refractivity contribution in [3.63, 3.8) is 0 Å². The molecule has 2 rings (SSSR count). The first-order valence-corrected chi connectivity index (χ1v) is 8.01. The minimum atomic E-state index is -0.0435. The normalized spacial score (nSPS) is 10.7. The number of hydrogen-bond donors (Lipinski definition) is 1. The Hall–Kier alpha value is -1.04. The van der Waals surface area contributed by atoms with Crippen LogP contribution in [0.3, 0.4) is 0 Å². The molecule has 0 saturated carbocycles. The predicted octanol–water partition coefficient (Wildman–Crippen LogP) is 4.74. The van der Waals surface area contributed by atoms with Gasteiger partial charge >= 0.3 is 0 Å². The highest BCUT2D eigenvalue weighted by molar-refractivity contribution is 9.10. The van der Waals surface area contributed by atoms with E-state index in [0.717, 1.165) is 16.5 Å². The summed E-state index contributed by atoms with van der Waals surface area (Å²) in [5, 5.41) is 8.15. The van der Waals surface area contributed by atoms with E-state index in [9.17, 15) is 4.79 Å². The third-order valence-corrected chi connectivity index (χ3v) is 4.10. The second-order valence-corrected chi connectivity index (χ2v) is 6.24. The van der Waals surface area contributed by atoms with Crippen LogP contribution in [0.25, 0.3) is 0 Å². The summed E-state index contributed by atoms with van der Waals surface area (Å²) < 4.78 is 2.47. The smallest absolute Gasteiger partial charge is 0.225 e. The zero-order chi connectivity index (χ0) is 15.4. The van der Waals surface area contributed by atoms with Gasteiger partial charge in [-0.15, -0.1) is 0 Å². The summed E-state index contributed by atoms with van der Waals surface area (Å²) in [6, 6.07) is 5.44. The summed E-state index contributed by atoms with van der Waals surface area (Å²) in [6.07, 6.45) is 3.09. The molecular weight excluding hydrogens is 377 g/mol. The summed E-state index contributed by atoms with van der Waals surface area (Å²) in [5.41, 5.74) is 0.978. The number of benzene rings is 1. The second-order valence-electron chi connectivity index (χ2n) is 4.57. The maximum absolute atomic E-state index is 11.6. The Kier molecular flexibility index (Phi) is 5.67. The number of rotatable bonds is 5. The van der Waals surface area contributed by atoms with Gasteiger partial charge in [0.05, 0.1) is 21.1 Å². The van der Waals surface area contributed by atoms with E-state index >= 15 is 0 Å². The number of aromatic nitrogens is 2. The van der Waals surface area contributed by atoms with Gasteiger partial charge in [-0.25, -0.2) is 0 Å². The van der Waals surface area contributed by atoms with Crippen LogP contribution in [0.15, 0.2) is 28.9 Å². The second kappa shape index (κ2) is 7.29. The minimum Gasteiger partial charge on any atom is -0.308 e. The number of carbonyl (C=O) groups excluding carboxylic acids is 1. The van der Waals surface area contributed by atoms with Crippen molar-refractivity contribution in [2.24, 2.45) is 0 Å². The SMILES string of the molecule is CCCC(=O)Nc1nn(Cc2ccc(Cl)c(Cl)c2)cc1Br. The zero-order valence-corrected chi connectivity index (χ0v) is 14.5. The Labute approximate surface area is 141 Å². The molecule has 4 nitrogen and oxygen atoms in total. The molecule has 1 aromatic carbocycles. The standard InChI is InChI=1S/C14H14BrCl2N3O/c1-2-3-13(21)18-14-10(15)8-20(19-14)7-9-4-5-11(16)12(17)6-9/h4-6,8H,2-3,7H2,1H3,(H,18,19,21). The Bertz CT molecular complexity index is 658. The van der Waals surface area contributed by atoms with Gasteiger partial charge in [-0.2, -0.15) is 5.10 Å². The number of hydrogen-bond acceptors (Lipinski definition) is 2. The van der Waals surface area contributed by atoms with E-state index in [-0.39, 0.29) is 5.91 Å². The highest BCUT2D eigenvalue weighted by Crippen LogP contribution is 2.24. The fraction of sp³-hybridized carbons (Fsp3) is 0.286. The summed E-state index contributed by atoms with van der Waals surface area (Å²) in [5.74, 6) is 0.478. The minimum absolute atomic E-state index is 0.0435. The van der Waals surface area contributed by atoms with Gasteiger partial charge in [-0.3, -0.25) is 9.48 Å². The van der Waals surface area contributed by atoms with Crippen LogP contribution in [0.5, 0.6) is 0 Å². The molecule has 112 valence electrons. The molecular formula is C14H14BrCl2N3O. The first-order chi connectivity index (χ1) is 9.99. The van der Waals surface area contributed by atoms with Crippen LogP contribution in [0.4, 0.5) is 5.82 Å². The lowest BCUT2D eigenvalue weighted by Crippen LogP contribution is -2.12. The van der Waals surface area contributed by atoms with Crippen LogP contribution in [0, 0.1) is 0 Å². The van der Waals surface area contributed by atoms with Gasteiger partial charge in [-0.1, -0.05) is 36.2 Å². The maximum Gasteiger partial charge on any atom is 0.225 e. The van der Waals surface area contributed by atoms with Crippen molar-refractivity contribution in [1.82, 2.24) is 9.78 Å². The molecule has 0 fully saturated rings. The van der Waals surface area contributed by atoms with Crippen molar-refractivity contribution >= 4 is 50.9 Å². The molecule has 7 heteroatoms. The maximum atomic E-state index is 11.6. The van der Waals surface area contributed by atoms with Crippen molar-refractivity contribution in [1.29, 1.82) is 0 Å². The van der Waals surface area contributed by atoms with E-state index in [1.54, 1.807) is 16.8 Å². The Balaban J connectivity index is 2.11. The average Bonchev–Trinajstić information content (AvgIpc) is 2.74. The highest BCUT2D eigenvalue weighted by atomic mass is 79.9. The molecule has 0 atom stereocenters. The van der Waals surface area contributed by atoms with Crippen molar-refractivity contribution in [2.75, 3.05) is 5.32 Å². The predicted molar refractivity (Wildman–Crippen MR) is 89.0 cm³/mol. The van der Waals surface area contributed by atoms with Crippen LogP contribution < -0.4 is 5.32 Å². The number of amides is 1. The van der Waals surface area contributed by atoms with Crippen LogP contribution in [-0.2, 0) is 11.3 Å². The Morgan fingerprint density at radius 1 is 1.38 bits per heavy atom. The fourth-order valence-electron chi connectivity index (χ4n) is 1.81. The highest BCUT2D eigenvalue weighted by Gasteiger charge is 2.10. The van der Waals surface area contributed by atoms with E-state index in [4.69, 9.17) is 23.2 Å². The molecule has 1 amide bonds. The third-order valence-electron chi connectivity index (χ3n) is 2.78. The Morgan fingerprint density at radius 3 is 2.81 bits per heavy atom. The molecule has 0 bridgehead atoms. The van der Waals surface area contributed by atoms with E-state index in [0.29, 0.717) is 28.8 Å². The van der Waals surface area contributed by atoms with Crippen molar-refractivity contribution in [3.05, 3.63) is 44.5 Å². The van der Waals surface area contributed by atoms with Gasteiger partial charge in [0, 0.05) is 12.6 Å². The fourth-order valence-corrected chi connectivity index (χ4v) is 2.54. The van der Waals surface area contributed by atoms with E-state index in [1.807, 2.05) is 19.2 Å².